The van der Waals surface area contributed by atoms with Gasteiger partial charge in [-0.3, -0.25) is 0 Å². The third kappa shape index (κ3) is 4.66. The molecule has 10 heteroatoms. The fourth-order valence-electron chi connectivity index (χ4n) is 2.96. The first-order chi connectivity index (χ1) is 15.3. The number of hydrogen-bond acceptors (Lipinski definition) is 9. The molecule has 2 aromatic heterocycles. The van der Waals surface area contributed by atoms with Gasteiger partial charge < -0.3 is 15.1 Å². The van der Waals surface area contributed by atoms with Gasteiger partial charge >= 0.3 is 0 Å². The highest BCUT2D eigenvalue weighted by Crippen LogP contribution is 2.28. The normalized spacial score (nSPS) is 11.7. The van der Waals surface area contributed by atoms with Gasteiger partial charge in [0, 0.05) is 17.7 Å². The van der Waals surface area contributed by atoms with Crippen molar-refractivity contribution in [3.05, 3.63) is 60.8 Å². The summed E-state index contributed by atoms with van der Waals surface area (Å²) in [6.45, 7) is 0.450. The molecule has 4 rings (SSSR count). The predicted octanol–water partition coefficient (Wildman–Crippen LogP) is 2.78. The van der Waals surface area contributed by atoms with Crippen LogP contribution in [0.1, 0.15) is 0 Å². The molecule has 0 amide bonds. The Morgan fingerprint density at radius 2 is 1.62 bits per heavy atom. The summed E-state index contributed by atoms with van der Waals surface area (Å²) < 4.78 is 30.7. The molecule has 2 aromatic carbocycles. The second-order valence-corrected chi connectivity index (χ2v) is 9.52. The van der Waals surface area contributed by atoms with Crippen molar-refractivity contribution < 1.29 is 12.8 Å². The Hall–Kier alpha value is -3.63. The topological polar surface area (TPSA) is 128 Å². The van der Waals surface area contributed by atoms with Gasteiger partial charge in [-0.2, -0.15) is 0 Å². The zero-order valence-electron chi connectivity index (χ0n) is 17.6. The number of nitrogens with two attached hydrogens (primary N) is 1. The second-order valence-electron chi connectivity index (χ2n) is 7.41. The predicted molar refractivity (Wildman–Crippen MR) is 121 cm³/mol. The molecular formula is C22H22N6O3S. The summed E-state index contributed by atoms with van der Waals surface area (Å²) in [5.41, 5.74) is 8.24. The molecule has 0 aliphatic rings. The van der Waals surface area contributed by atoms with Gasteiger partial charge in [0.1, 0.15) is 0 Å². The van der Waals surface area contributed by atoms with Crippen molar-refractivity contribution in [2.45, 2.75) is 4.90 Å². The number of hydrogen-bond donors (Lipinski definition) is 1. The summed E-state index contributed by atoms with van der Waals surface area (Å²) >= 11 is 0. The first-order valence-electron chi connectivity index (χ1n) is 9.83. The Kier molecular flexibility index (Phi) is 5.97. The van der Waals surface area contributed by atoms with E-state index in [0.717, 1.165) is 5.56 Å². The van der Waals surface area contributed by atoms with Crippen LogP contribution < -0.4 is 5.73 Å². The zero-order chi connectivity index (χ0) is 22.7. The molecule has 32 heavy (non-hydrogen) atoms. The molecule has 0 unspecified atom stereocenters. The van der Waals surface area contributed by atoms with Gasteiger partial charge in [0.25, 0.3) is 5.89 Å². The largest absolute Gasteiger partial charge is 0.414 e. The smallest absolute Gasteiger partial charge is 0.270 e. The quantitative estimate of drug-likeness (QED) is 0.452. The van der Waals surface area contributed by atoms with E-state index in [0.29, 0.717) is 23.7 Å². The van der Waals surface area contributed by atoms with Crippen LogP contribution in [0.5, 0.6) is 0 Å². The lowest BCUT2D eigenvalue weighted by molar-refractivity contribution is 0.432. The summed E-state index contributed by atoms with van der Waals surface area (Å²) in [5, 5.41) is 8.12. The monoisotopic (exact) mass is 450 g/mol. The minimum atomic E-state index is -3.37. The molecule has 164 valence electrons. The van der Waals surface area contributed by atoms with E-state index in [1.165, 1.54) is 6.20 Å². The number of nitrogens with zero attached hydrogens (tertiary/aromatic N) is 5. The van der Waals surface area contributed by atoms with Crippen molar-refractivity contribution in [3.63, 3.8) is 0 Å². The number of rotatable bonds is 7. The molecule has 0 bridgehead atoms. The molecule has 9 nitrogen and oxygen atoms in total. The Bertz CT molecular complexity index is 1320. The zero-order valence-corrected chi connectivity index (χ0v) is 18.5. The maximum Gasteiger partial charge on any atom is 0.270 e. The van der Waals surface area contributed by atoms with Crippen LogP contribution in [0.3, 0.4) is 0 Å². The highest BCUT2D eigenvalue weighted by atomic mass is 32.2. The van der Waals surface area contributed by atoms with Crippen LogP contribution in [-0.2, 0) is 9.84 Å². The lowest BCUT2D eigenvalue weighted by atomic mass is 10.1. The van der Waals surface area contributed by atoms with E-state index in [2.05, 4.69) is 20.2 Å². The maximum absolute atomic E-state index is 12.5. The van der Waals surface area contributed by atoms with Crippen molar-refractivity contribution in [2.24, 2.45) is 0 Å². The number of sulfone groups is 1. The fraction of sp³-hybridized carbons (Fsp3) is 0.182. The van der Waals surface area contributed by atoms with Crippen LogP contribution in [0, 0.1) is 0 Å². The highest BCUT2D eigenvalue weighted by molar-refractivity contribution is 7.91. The molecule has 0 saturated carbocycles. The van der Waals surface area contributed by atoms with Gasteiger partial charge in [-0.05, 0) is 38.4 Å². The molecule has 2 heterocycles. The average molecular weight is 451 g/mol. The summed E-state index contributed by atoms with van der Waals surface area (Å²) in [6.07, 6.45) is 1.52. The van der Waals surface area contributed by atoms with Crippen LogP contribution in [0.2, 0.25) is 0 Å². The van der Waals surface area contributed by atoms with Crippen molar-refractivity contribution in [2.75, 3.05) is 32.1 Å². The molecule has 0 atom stereocenters. The van der Waals surface area contributed by atoms with Crippen LogP contribution >= 0.6 is 0 Å². The van der Waals surface area contributed by atoms with Crippen LogP contribution in [0.25, 0.3) is 34.3 Å². The summed E-state index contributed by atoms with van der Waals surface area (Å²) in [7, 11) is 0.304. The molecule has 0 spiro atoms. The Morgan fingerprint density at radius 3 is 2.31 bits per heavy atom. The van der Waals surface area contributed by atoms with Crippen molar-refractivity contribution >= 4 is 15.7 Å². The van der Waals surface area contributed by atoms with Gasteiger partial charge in [-0.25, -0.2) is 18.4 Å². The molecule has 0 fully saturated rings. The van der Waals surface area contributed by atoms with Gasteiger partial charge in [0.2, 0.25) is 5.89 Å². The van der Waals surface area contributed by atoms with Crippen LogP contribution in [0.15, 0.2) is 70.1 Å². The standard InChI is InChI=1S/C22H22N6O3S/c1-28(2)12-13-32(29,30)17-10-8-15(9-11-17)18-14-24-20(23)19(25-18)22-27-26-21(31-22)16-6-4-3-5-7-16/h3-11,14H,12-13H2,1-2H3,(H2,23,24). The second kappa shape index (κ2) is 8.85. The van der Waals surface area contributed by atoms with Gasteiger partial charge in [-0.1, -0.05) is 30.3 Å². The first kappa shape index (κ1) is 21.6. The van der Waals surface area contributed by atoms with E-state index >= 15 is 0 Å². The van der Waals surface area contributed by atoms with E-state index in [-0.39, 0.29) is 28.1 Å². The lowest BCUT2D eigenvalue weighted by Gasteiger charge is -2.10. The Labute approximate surface area is 185 Å². The van der Waals surface area contributed by atoms with E-state index in [4.69, 9.17) is 10.2 Å². The van der Waals surface area contributed by atoms with Gasteiger partial charge in [0.05, 0.1) is 22.5 Å². The average Bonchev–Trinajstić information content (AvgIpc) is 3.29. The van der Waals surface area contributed by atoms with E-state index < -0.39 is 9.84 Å². The third-order valence-corrected chi connectivity index (χ3v) is 6.48. The molecule has 2 N–H and O–H groups in total. The van der Waals surface area contributed by atoms with E-state index in [1.807, 2.05) is 49.3 Å². The molecular weight excluding hydrogens is 428 g/mol. The molecule has 0 aliphatic heterocycles. The van der Waals surface area contributed by atoms with Crippen molar-refractivity contribution in [1.82, 2.24) is 25.1 Å². The highest BCUT2D eigenvalue weighted by Gasteiger charge is 2.18. The number of anilines is 1. The van der Waals surface area contributed by atoms with Crippen LogP contribution in [-0.4, -0.2) is 59.9 Å². The summed E-state index contributed by atoms with van der Waals surface area (Å²) in [6, 6.07) is 15.9. The van der Waals surface area contributed by atoms with Crippen molar-refractivity contribution in [1.29, 1.82) is 0 Å². The lowest BCUT2D eigenvalue weighted by Crippen LogP contribution is -2.21. The molecule has 0 saturated heterocycles. The number of aromatic nitrogens is 4. The molecule has 0 aliphatic carbocycles. The number of nitrogen functional groups attached to an aromatic ring is 1. The van der Waals surface area contributed by atoms with Crippen LogP contribution in [0.4, 0.5) is 5.82 Å². The third-order valence-electron chi connectivity index (χ3n) is 4.77. The first-order valence-corrected chi connectivity index (χ1v) is 11.5. The Balaban J connectivity index is 1.61. The van der Waals surface area contributed by atoms with E-state index in [9.17, 15) is 8.42 Å². The van der Waals surface area contributed by atoms with Crippen molar-refractivity contribution in [3.8, 4) is 34.3 Å². The molecule has 4 aromatic rings. The summed E-state index contributed by atoms with van der Waals surface area (Å²) in [5.74, 6) is 0.699. The SMILES string of the molecule is CN(C)CCS(=O)(=O)c1ccc(-c2cnc(N)c(-c3nnc(-c4ccccc4)o3)n2)cc1. The Morgan fingerprint density at radius 1 is 0.938 bits per heavy atom. The fourth-order valence-corrected chi connectivity index (χ4v) is 4.36. The van der Waals surface area contributed by atoms with Gasteiger partial charge in [0.15, 0.2) is 21.3 Å². The minimum absolute atomic E-state index is 0.0477. The molecule has 0 radical (unpaired) electrons. The minimum Gasteiger partial charge on any atom is -0.414 e. The van der Waals surface area contributed by atoms with E-state index in [1.54, 1.807) is 24.3 Å². The summed E-state index contributed by atoms with van der Waals surface area (Å²) in [4.78, 5) is 10.8. The maximum atomic E-state index is 12.5. The van der Waals surface area contributed by atoms with Gasteiger partial charge in [-0.15, -0.1) is 10.2 Å². The number of benzene rings is 2.